The number of hydrogen-bond acceptors (Lipinski definition) is 6. The second-order valence-electron chi connectivity index (χ2n) is 6.83. The summed E-state index contributed by atoms with van der Waals surface area (Å²) in [5, 5.41) is 6.05. The molecule has 3 aromatic rings. The van der Waals surface area contributed by atoms with Crippen LogP contribution in [0.1, 0.15) is 15.9 Å². The van der Waals surface area contributed by atoms with Gasteiger partial charge in [0.25, 0.3) is 5.56 Å². The molecule has 1 aliphatic heterocycles. The van der Waals surface area contributed by atoms with E-state index >= 15 is 0 Å². The summed E-state index contributed by atoms with van der Waals surface area (Å²) in [5.74, 6) is 0.784. The predicted octanol–water partition coefficient (Wildman–Crippen LogP) is 1.79. The molecule has 1 fully saturated rings. The normalized spacial score (nSPS) is 14.1. The molecule has 1 aromatic heterocycles. The van der Waals surface area contributed by atoms with Gasteiger partial charge in [0.15, 0.2) is 17.3 Å². The van der Waals surface area contributed by atoms with E-state index in [-0.39, 0.29) is 11.3 Å². The first-order chi connectivity index (χ1) is 14.1. The summed E-state index contributed by atoms with van der Waals surface area (Å²) in [7, 11) is 3.07. The van der Waals surface area contributed by atoms with Crippen molar-refractivity contribution in [1.82, 2.24) is 9.99 Å². The average molecular weight is 393 g/mol. The number of ketones is 1. The second kappa shape index (κ2) is 7.97. The van der Waals surface area contributed by atoms with Crippen LogP contribution in [-0.2, 0) is 0 Å². The third-order valence-electron chi connectivity index (χ3n) is 5.17. The summed E-state index contributed by atoms with van der Waals surface area (Å²) in [4.78, 5) is 26.3. The number of nitrogens with one attached hydrogen (secondary N) is 1. The Morgan fingerprint density at radius 1 is 0.966 bits per heavy atom. The Kier molecular flexibility index (Phi) is 5.22. The number of methoxy groups -OCH3 is 2. The quantitative estimate of drug-likeness (QED) is 0.667. The largest absolute Gasteiger partial charge is 0.493 e. The Balaban J connectivity index is 1.85. The molecule has 7 nitrogen and oxygen atoms in total. The first kappa shape index (κ1) is 19.0. The molecule has 150 valence electrons. The van der Waals surface area contributed by atoms with Gasteiger partial charge in [0.05, 0.1) is 19.7 Å². The van der Waals surface area contributed by atoms with Gasteiger partial charge in [-0.1, -0.05) is 18.2 Å². The Hall–Kier alpha value is -3.32. The van der Waals surface area contributed by atoms with E-state index in [1.807, 2.05) is 29.3 Å². The molecule has 4 rings (SSSR count). The van der Waals surface area contributed by atoms with E-state index in [9.17, 15) is 9.59 Å². The topological polar surface area (TPSA) is 72.8 Å². The van der Waals surface area contributed by atoms with Gasteiger partial charge < -0.3 is 19.8 Å². The zero-order chi connectivity index (χ0) is 20.4. The molecule has 0 radical (unpaired) electrons. The SMILES string of the molecule is COc1ccc(C(=O)c2cc(=O)n(N3CCNCC3)c3ccccc23)cc1OC. The summed E-state index contributed by atoms with van der Waals surface area (Å²) in [5.41, 5.74) is 1.33. The smallest absolute Gasteiger partial charge is 0.270 e. The first-order valence-corrected chi connectivity index (χ1v) is 9.51. The highest BCUT2D eigenvalue weighted by molar-refractivity contribution is 6.16. The number of nitrogens with zero attached hydrogens (tertiary/aromatic N) is 2. The van der Waals surface area contributed by atoms with E-state index in [0.29, 0.717) is 22.6 Å². The molecule has 0 bridgehead atoms. The molecule has 1 N–H and O–H groups in total. The van der Waals surface area contributed by atoms with Crippen molar-refractivity contribution in [3.05, 3.63) is 70.0 Å². The van der Waals surface area contributed by atoms with Gasteiger partial charge in [0, 0.05) is 48.8 Å². The monoisotopic (exact) mass is 393 g/mol. The van der Waals surface area contributed by atoms with Gasteiger partial charge in [-0.2, -0.15) is 0 Å². The second-order valence-corrected chi connectivity index (χ2v) is 6.83. The minimum atomic E-state index is -0.230. The molecular weight excluding hydrogens is 370 g/mol. The lowest BCUT2D eigenvalue weighted by Crippen LogP contribution is -2.52. The number of fused-ring (bicyclic) bond motifs is 1. The third kappa shape index (κ3) is 3.45. The highest BCUT2D eigenvalue weighted by Crippen LogP contribution is 2.29. The van der Waals surface area contributed by atoms with Crippen LogP contribution < -0.4 is 25.4 Å². The molecule has 0 unspecified atom stereocenters. The van der Waals surface area contributed by atoms with Crippen molar-refractivity contribution in [2.24, 2.45) is 0 Å². The van der Waals surface area contributed by atoms with Gasteiger partial charge in [-0.3, -0.25) is 9.59 Å². The molecule has 0 atom stereocenters. The number of carbonyl (C=O) groups is 1. The Morgan fingerprint density at radius 2 is 1.69 bits per heavy atom. The molecule has 0 saturated carbocycles. The number of rotatable bonds is 5. The number of para-hydroxylation sites is 1. The summed E-state index contributed by atoms with van der Waals surface area (Å²) in [6.45, 7) is 3.08. The van der Waals surface area contributed by atoms with Crippen molar-refractivity contribution in [3.8, 4) is 11.5 Å². The van der Waals surface area contributed by atoms with Gasteiger partial charge in [-0.25, -0.2) is 4.68 Å². The zero-order valence-corrected chi connectivity index (χ0v) is 16.5. The maximum absolute atomic E-state index is 13.3. The number of hydrogen-bond donors (Lipinski definition) is 1. The van der Waals surface area contributed by atoms with Crippen LogP contribution >= 0.6 is 0 Å². The highest BCUT2D eigenvalue weighted by atomic mass is 16.5. The fourth-order valence-corrected chi connectivity index (χ4v) is 3.73. The Labute approximate surface area is 168 Å². The number of carbonyl (C=O) groups excluding carboxylic acids is 1. The molecule has 1 saturated heterocycles. The van der Waals surface area contributed by atoms with Crippen LogP contribution in [0.15, 0.2) is 53.3 Å². The van der Waals surface area contributed by atoms with Crippen molar-refractivity contribution in [1.29, 1.82) is 0 Å². The van der Waals surface area contributed by atoms with Gasteiger partial charge in [-0.05, 0) is 24.3 Å². The molecule has 0 spiro atoms. The lowest BCUT2D eigenvalue weighted by molar-refractivity contribution is 0.103. The fraction of sp³-hybridized carbons (Fsp3) is 0.273. The predicted molar refractivity (Wildman–Crippen MR) is 112 cm³/mol. The van der Waals surface area contributed by atoms with Gasteiger partial charge in [0.1, 0.15) is 0 Å². The van der Waals surface area contributed by atoms with Crippen LogP contribution in [0.4, 0.5) is 0 Å². The van der Waals surface area contributed by atoms with Gasteiger partial charge in [0.2, 0.25) is 0 Å². The van der Waals surface area contributed by atoms with E-state index in [2.05, 4.69) is 5.32 Å². The fourth-order valence-electron chi connectivity index (χ4n) is 3.73. The van der Waals surface area contributed by atoms with Crippen molar-refractivity contribution in [2.75, 3.05) is 45.4 Å². The summed E-state index contributed by atoms with van der Waals surface area (Å²) >= 11 is 0. The number of benzene rings is 2. The molecular formula is C22H23N3O4. The molecule has 0 aliphatic carbocycles. The maximum atomic E-state index is 13.3. The van der Waals surface area contributed by atoms with Crippen molar-refractivity contribution >= 4 is 16.7 Å². The number of pyridine rings is 1. The lowest BCUT2D eigenvalue weighted by Gasteiger charge is -2.32. The molecule has 2 heterocycles. The van der Waals surface area contributed by atoms with Crippen LogP contribution in [0.3, 0.4) is 0 Å². The maximum Gasteiger partial charge on any atom is 0.270 e. The van der Waals surface area contributed by atoms with E-state index in [1.54, 1.807) is 30.0 Å². The van der Waals surface area contributed by atoms with E-state index in [4.69, 9.17) is 9.47 Å². The number of aromatic nitrogens is 1. The molecule has 1 aliphatic rings. The zero-order valence-electron chi connectivity index (χ0n) is 16.5. The third-order valence-corrected chi connectivity index (χ3v) is 5.17. The van der Waals surface area contributed by atoms with Crippen LogP contribution in [-0.4, -0.2) is 50.9 Å². The van der Waals surface area contributed by atoms with Gasteiger partial charge >= 0.3 is 0 Å². The summed E-state index contributed by atoms with van der Waals surface area (Å²) in [6.07, 6.45) is 0. The molecule has 29 heavy (non-hydrogen) atoms. The van der Waals surface area contributed by atoms with Crippen molar-refractivity contribution in [3.63, 3.8) is 0 Å². The number of ether oxygens (including phenoxy) is 2. The van der Waals surface area contributed by atoms with Crippen LogP contribution in [0.2, 0.25) is 0 Å². The summed E-state index contributed by atoms with van der Waals surface area (Å²) in [6, 6.07) is 14.0. The minimum Gasteiger partial charge on any atom is -0.493 e. The summed E-state index contributed by atoms with van der Waals surface area (Å²) < 4.78 is 12.2. The van der Waals surface area contributed by atoms with E-state index in [1.165, 1.54) is 13.2 Å². The molecule has 2 aromatic carbocycles. The van der Waals surface area contributed by atoms with Crippen molar-refractivity contribution in [2.45, 2.75) is 0 Å². The van der Waals surface area contributed by atoms with Crippen LogP contribution in [0.5, 0.6) is 11.5 Å². The van der Waals surface area contributed by atoms with Gasteiger partial charge in [-0.15, -0.1) is 0 Å². The Bertz CT molecular complexity index is 1120. The highest BCUT2D eigenvalue weighted by Gasteiger charge is 2.20. The van der Waals surface area contributed by atoms with E-state index < -0.39 is 0 Å². The van der Waals surface area contributed by atoms with Crippen molar-refractivity contribution < 1.29 is 14.3 Å². The molecule has 0 amide bonds. The Morgan fingerprint density at radius 3 is 2.41 bits per heavy atom. The first-order valence-electron chi connectivity index (χ1n) is 9.51. The van der Waals surface area contributed by atoms with Crippen LogP contribution in [0, 0.1) is 0 Å². The van der Waals surface area contributed by atoms with Crippen LogP contribution in [0.25, 0.3) is 10.9 Å². The average Bonchev–Trinajstić information content (AvgIpc) is 2.78. The standard InChI is InChI=1S/C22H23N3O4/c1-28-19-8-7-15(13-20(19)29-2)22(27)17-14-21(26)25(24-11-9-23-10-12-24)18-6-4-3-5-16(17)18/h3-8,13-14,23H,9-12H2,1-2H3. The number of piperazine rings is 1. The lowest BCUT2D eigenvalue weighted by atomic mass is 9.99. The van der Waals surface area contributed by atoms with E-state index in [0.717, 1.165) is 37.1 Å². The molecule has 7 heteroatoms. The minimum absolute atomic E-state index is 0.213.